The molecular formula is C20H22N4O4. The van der Waals surface area contributed by atoms with E-state index in [4.69, 9.17) is 9.15 Å². The maximum Gasteiger partial charge on any atom is 0.346 e. The molecule has 1 amide bonds. The molecule has 28 heavy (non-hydrogen) atoms. The average Bonchev–Trinajstić information content (AvgIpc) is 3.27. The Hall–Kier alpha value is -3.29. The van der Waals surface area contributed by atoms with E-state index in [-0.39, 0.29) is 24.1 Å². The second-order valence-electron chi connectivity index (χ2n) is 6.78. The molecule has 0 atom stereocenters. The van der Waals surface area contributed by atoms with Crippen molar-refractivity contribution in [2.75, 3.05) is 13.7 Å². The predicted molar refractivity (Wildman–Crippen MR) is 102 cm³/mol. The van der Waals surface area contributed by atoms with Gasteiger partial charge in [0.1, 0.15) is 5.75 Å². The van der Waals surface area contributed by atoms with Crippen LogP contribution in [0.5, 0.6) is 5.75 Å². The van der Waals surface area contributed by atoms with E-state index in [1.807, 2.05) is 24.3 Å². The fraction of sp³-hybridized carbons (Fsp3) is 0.350. The van der Waals surface area contributed by atoms with Crippen LogP contribution in [0.1, 0.15) is 24.4 Å². The molecule has 0 aliphatic heterocycles. The number of aromatic nitrogens is 3. The summed E-state index contributed by atoms with van der Waals surface area (Å²) in [4.78, 5) is 24.8. The van der Waals surface area contributed by atoms with E-state index in [0.29, 0.717) is 24.7 Å². The monoisotopic (exact) mass is 382 g/mol. The smallest absolute Gasteiger partial charge is 0.346 e. The van der Waals surface area contributed by atoms with Crippen molar-refractivity contribution in [3.05, 3.63) is 58.7 Å². The molecule has 146 valence electrons. The van der Waals surface area contributed by atoms with Crippen molar-refractivity contribution in [3.8, 4) is 17.3 Å². The number of carbonyl (C=O) groups excluding carboxylic acids is 1. The van der Waals surface area contributed by atoms with Crippen LogP contribution >= 0.6 is 0 Å². The lowest BCUT2D eigenvalue weighted by atomic mass is 10.1. The summed E-state index contributed by atoms with van der Waals surface area (Å²) in [5.74, 6) is 1.77. The van der Waals surface area contributed by atoms with E-state index in [2.05, 4.69) is 10.4 Å². The Morgan fingerprint density at radius 1 is 1.29 bits per heavy atom. The van der Waals surface area contributed by atoms with Gasteiger partial charge in [-0.3, -0.25) is 9.36 Å². The number of rotatable bonds is 8. The third kappa shape index (κ3) is 3.85. The van der Waals surface area contributed by atoms with Crippen molar-refractivity contribution in [1.82, 2.24) is 19.7 Å². The van der Waals surface area contributed by atoms with Crippen molar-refractivity contribution >= 4 is 5.91 Å². The van der Waals surface area contributed by atoms with Gasteiger partial charge in [0.15, 0.2) is 5.76 Å². The second-order valence-corrected chi connectivity index (χ2v) is 6.78. The minimum Gasteiger partial charge on any atom is -0.497 e. The van der Waals surface area contributed by atoms with Gasteiger partial charge >= 0.3 is 5.69 Å². The fourth-order valence-electron chi connectivity index (χ4n) is 3.09. The summed E-state index contributed by atoms with van der Waals surface area (Å²) in [5, 5.41) is 7.26. The van der Waals surface area contributed by atoms with Gasteiger partial charge in [0, 0.05) is 12.6 Å². The van der Waals surface area contributed by atoms with Crippen LogP contribution in [0.3, 0.4) is 0 Å². The lowest BCUT2D eigenvalue weighted by molar-refractivity contribution is -0.120. The van der Waals surface area contributed by atoms with Crippen LogP contribution in [0.15, 0.2) is 51.9 Å². The summed E-state index contributed by atoms with van der Waals surface area (Å²) < 4.78 is 13.6. The van der Waals surface area contributed by atoms with Crippen molar-refractivity contribution in [2.24, 2.45) is 0 Å². The summed E-state index contributed by atoms with van der Waals surface area (Å²) in [6.07, 6.45) is 3.78. The van der Waals surface area contributed by atoms with Crippen molar-refractivity contribution in [3.63, 3.8) is 0 Å². The van der Waals surface area contributed by atoms with Gasteiger partial charge in [-0.25, -0.2) is 9.48 Å². The Balaban J connectivity index is 1.37. The first-order valence-corrected chi connectivity index (χ1v) is 9.28. The van der Waals surface area contributed by atoms with Crippen molar-refractivity contribution in [1.29, 1.82) is 0 Å². The number of nitrogens with zero attached hydrogens (tertiary/aromatic N) is 3. The number of ether oxygens (including phenoxy) is 1. The normalized spacial score (nSPS) is 13.5. The minimum atomic E-state index is -0.168. The number of carbonyl (C=O) groups is 1. The molecule has 1 fully saturated rings. The molecule has 8 nitrogen and oxygen atoms in total. The third-order valence-corrected chi connectivity index (χ3v) is 4.69. The second kappa shape index (κ2) is 7.75. The topological polar surface area (TPSA) is 91.3 Å². The summed E-state index contributed by atoms with van der Waals surface area (Å²) in [7, 11) is 1.60. The Bertz CT molecular complexity index is 998. The standard InChI is InChI=1S/C20H22N4O4/c1-27-16-8-4-14(5-9-16)13-18(25)21-10-11-23-20(26)24(15-6-7-15)19(22-23)17-3-2-12-28-17/h2-5,8-9,12,15H,6-7,10-11,13H2,1H3,(H,21,25). The van der Waals surface area contributed by atoms with Crippen LogP contribution in [0.4, 0.5) is 0 Å². The predicted octanol–water partition coefficient (Wildman–Crippen LogP) is 2.01. The Morgan fingerprint density at radius 2 is 2.07 bits per heavy atom. The van der Waals surface area contributed by atoms with Gasteiger partial charge in [-0.05, 0) is 42.7 Å². The Kier molecular flexibility index (Phi) is 5.01. The maximum absolute atomic E-state index is 12.7. The first-order chi connectivity index (χ1) is 13.7. The quantitative estimate of drug-likeness (QED) is 0.643. The number of nitrogens with one attached hydrogen (secondary N) is 1. The lowest BCUT2D eigenvalue weighted by Crippen LogP contribution is -2.32. The zero-order chi connectivity index (χ0) is 19.5. The van der Waals surface area contributed by atoms with Gasteiger partial charge in [-0.2, -0.15) is 0 Å². The van der Waals surface area contributed by atoms with Crippen molar-refractivity contribution < 1.29 is 13.9 Å². The van der Waals surface area contributed by atoms with Gasteiger partial charge in [0.05, 0.1) is 26.3 Å². The molecule has 0 radical (unpaired) electrons. The van der Waals surface area contributed by atoms with Crippen LogP contribution in [0.25, 0.3) is 11.6 Å². The van der Waals surface area contributed by atoms with Crippen LogP contribution in [0.2, 0.25) is 0 Å². The molecule has 1 saturated carbocycles. The zero-order valence-corrected chi connectivity index (χ0v) is 15.6. The van der Waals surface area contributed by atoms with Crippen LogP contribution in [-0.2, 0) is 17.8 Å². The van der Waals surface area contributed by atoms with E-state index in [1.54, 1.807) is 30.1 Å². The highest BCUT2D eigenvalue weighted by molar-refractivity contribution is 5.78. The number of hydrogen-bond acceptors (Lipinski definition) is 5. The molecule has 1 aromatic carbocycles. The van der Waals surface area contributed by atoms with Gasteiger partial charge < -0.3 is 14.5 Å². The largest absolute Gasteiger partial charge is 0.497 e. The molecule has 0 unspecified atom stereocenters. The molecule has 1 N–H and O–H groups in total. The third-order valence-electron chi connectivity index (χ3n) is 4.69. The van der Waals surface area contributed by atoms with Crippen molar-refractivity contribution in [2.45, 2.75) is 31.8 Å². The summed E-state index contributed by atoms with van der Waals surface area (Å²) >= 11 is 0. The van der Waals surface area contributed by atoms with E-state index in [0.717, 1.165) is 24.2 Å². The molecule has 3 aromatic rings. The molecule has 0 bridgehead atoms. The van der Waals surface area contributed by atoms with E-state index >= 15 is 0 Å². The molecule has 1 aliphatic carbocycles. The van der Waals surface area contributed by atoms with Gasteiger partial charge in [0.2, 0.25) is 11.7 Å². The molecular weight excluding hydrogens is 360 g/mol. The molecule has 0 spiro atoms. The molecule has 4 rings (SSSR count). The summed E-state index contributed by atoms with van der Waals surface area (Å²) in [5.41, 5.74) is 0.729. The first kappa shape index (κ1) is 18.1. The maximum atomic E-state index is 12.7. The lowest BCUT2D eigenvalue weighted by Gasteiger charge is -2.06. The van der Waals surface area contributed by atoms with Crippen LogP contribution < -0.4 is 15.7 Å². The number of benzene rings is 1. The molecule has 1 aliphatic rings. The van der Waals surface area contributed by atoms with Gasteiger partial charge in [-0.1, -0.05) is 12.1 Å². The highest BCUT2D eigenvalue weighted by atomic mass is 16.5. The Morgan fingerprint density at radius 3 is 2.71 bits per heavy atom. The summed E-state index contributed by atoms with van der Waals surface area (Å²) in [6, 6.07) is 11.1. The van der Waals surface area contributed by atoms with Crippen LogP contribution in [-0.4, -0.2) is 33.9 Å². The molecule has 2 aromatic heterocycles. The first-order valence-electron chi connectivity index (χ1n) is 9.28. The summed E-state index contributed by atoms with van der Waals surface area (Å²) in [6.45, 7) is 0.634. The number of amides is 1. The van der Waals surface area contributed by atoms with E-state index in [1.165, 1.54) is 4.68 Å². The highest BCUT2D eigenvalue weighted by Gasteiger charge is 2.31. The van der Waals surface area contributed by atoms with E-state index in [9.17, 15) is 9.59 Å². The molecule has 0 saturated heterocycles. The average molecular weight is 382 g/mol. The number of methoxy groups -OCH3 is 1. The minimum absolute atomic E-state index is 0.105. The highest BCUT2D eigenvalue weighted by Crippen LogP contribution is 2.36. The van der Waals surface area contributed by atoms with Gasteiger partial charge in [-0.15, -0.1) is 5.10 Å². The number of hydrogen-bond donors (Lipinski definition) is 1. The fourth-order valence-corrected chi connectivity index (χ4v) is 3.09. The molecule has 2 heterocycles. The van der Waals surface area contributed by atoms with E-state index < -0.39 is 0 Å². The van der Waals surface area contributed by atoms with Gasteiger partial charge in [0.25, 0.3) is 0 Å². The zero-order valence-electron chi connectivity index (χ0n) is 15.6. The van der Waals surface area contributed by atoms with Crippen LogP contribution in [0, 0.1) is 0 Å². The Labute approximate surface area is 161 Å². The molecule has 8 heteroatoms. The SMILES string of the molecule is COc1ccc(CC(=O)NCCn2nc(-c3ccco3)n(C3CC3)c2=O)cc1. The number of furan rings is 1.